The van der Waals surface area contributed by atoms with Gasteiger partial charge in [-0.25, -0.2) is 9.78 Å². The number of phenolic OH excluding ortho intramolecular Hbond substituents is 1. The summed E-state index contributed by atoms with van der Waals surface area (Å²) in [7, 11) is 0. The SMILES string of the molecule is CC(C)[C@H](NC(=O)[C@H](CCC(N)=O)NC(=O)[C@H](CCCNC(=N)N)NC(=O)[C@@H](NC(=O)[C@H](Cc1ccccc1)NC(=O)[C@H](Cc1c[nH]c2ccccc12)NC(=O)[C@H](CC(=O)O)NC(=O)[C@H](Cc1ccc(O)cc1)NC(=O)[C@H](Cc1ccccc1)NC(=O)[C@H](CC(N)=O)NC(=O)[C@H](CCC(=O)O)NC(=O)[C@H](Cc1cnc[nH]1)NC(=O)[C@@H](N)Cc1ccccc1)C(C)C)C(=O)N[C@@H](CO)C(=O)N[C@@H](CCCCN)C(=O)O. The van der Waals surface area contributed by atoms with Crippen molar-refractivity contribution in [2.24, 2.45) is 40.5 Å². The Morgan fingerprint density at radius 3 is 1.21 bits per heavy atom. The van der Waals surface area contributed by atoms with Crippen molar-refractivity contribution in [3.05, 3.63) is 192 Å². The molecular formula is C96H128N24O24. The van der Waals surface area contributed by atoms with Crippen molar-refractivity contribution >= 4 is 129 Å². The zero-order chi connectivity index (χ0) is 106. The molecule has 0 spiro atoms. The molecule has 0 unspecified atom stereocenters. The molecule has 0 bridgehead atoms. The molecule has 16 amide bonds. The number of imidazole rings is 1. The van der Waals surface area contributed by atoms with Gasteiger partial charge in [0.15, 0.2) is 5.96 Å². The number of fused-ring (bicyclic) bond motifs is 1. The molecule has 2 aromatic heterocycles. The van der Waals surface area contributed by atoms with E-state index < -0.39 is 285 Å². The fourth-order valence-electron chi connectivity index (χ4n) is 15.2. The van der Waals surface area contributed by atoms with Crippen molar-refractivity contribution in [3.8, 4) is 5.75 Å². The van der Waals surface area contributed by atoms with Crippen molar-refractivity contribution < 1.29 is 117 Å². The van der Waals surface area contributed by atoms with E-state index in [1.165, 1.54) is 70.7 Å². The van der Waals surface area contributed by atoms with Crippen LogP contribution < -0.4 is 108 Å². The van der Waals surface area contributed by atoms with Crippen LogP contribution in [-0.4, -0.2) is 269 Å². The lowest BCUT2D eigenvalue weighted by molar-refractivity contribution is -0.143. The number of nitrogens with zero attached hydrogens (tertiary/aromatic N) is 1. The van der Waals surface area contributed by atoms with E-state index >= 15 is 24.0 Å². The highest BCUT2D eigenvalue weighted by Gasteiger charge is 2.41. The number of carboxylic acids is 3. The molecule has 144 heavy (non-hydrogen) atoms. The summed E-state index contributed by atoms with van der Waals surface area (Å²) < 4.78 is 0. The van der Waals surface area contributed by atoms with E-state index in [0.29, 0.717) is 51.7 Å². The van der Waals surface area contributed by atoms with Crippen LogP contribution in [0.4, 0.5) is 0 Å². The van der Waals surface area contributed by atoms with Crippen LogP contribution in [0.5, 0.6) is 5.75 Å². The molecule has 0 aliphatic rings. The van der Waals surface area contributed by atoms with Gasteiger partial charge in [-0.2, -0.15) is 0 Å². The number of aromatic nitrogens is 3. The molecule has 7 rings (SSSR count). The predicted molar refractivity (Wildman–Crippen MR) is 519 cm³/mol. The number of primary amides is 2. The first-order valence-corrected chi connectivity index (χ1v) is 46.5. The topological polar surface area (TPSA) is 804 Å². The number of aliphatic hydroxyl groups is 1. The first-order valence-electron chi connectivity index (χ1n) is 46.5. The number of guanidine groups is 1. The predicted octanol–water partition coefficient (Wildman–Crippen LogP) is -4.27. The average Bonchev–Trinajstić information content (AvgIpc) is 1.65. The Hall–Kier alpha value is -16.3. The minimum atomic E-state index is -2.17. The van der Waals surface area contributed by atoms with Gasteiger partial charge < -0.3 is 144 Å². The first kappa shape index (κ1) is 115. The quantitative estimate of drug-likeness (QED) is 0.00975. The zero-order valence-electron chi connectivity index (χ0n) is 79.8. The van der Waals surface area contributed by atoms with Gasteiger partial charge in [0, 0.05) is 80.5 Å². The molecule has 5 aromatic carbocycles. The zero-order valence-corrected chi connectivity index (χ0v) is 79.8. The molecule has 776 valence electrons. The van der Waals surface area contributed by atoms with Crippen LogP contribution in [-0.2, 0) is 130 Å². The molecular weight excluding hydrogens is 1870 g/mol. The molecule has 2 heterocycles. The maximum atomic E-state index is 15.5. The summed E-state index contributed by atoms with van der Waals surface area (Å²) in [5, 5.41) is 96.4. The minimum Gasteiger partial charge on any atom is -0.508 e. The number of hydrogen-bond acceptors (Lipinski definition) is 25. The highest BCUT2D eigenvalue weighted by molar-refractivity contribution is 6.02. The normalized spacial score (nSPS) is 14.3. The lowest BCUT2D eigenvalue weighted by atomic mass is 9.99. The van der Waals surface area contributed by atoms with Crippen molar-refractivity contribution in [2.75, 3.05) is 19.7 Å². The van der Waals surface area contributed by atoms with E-state index in [1.807, 2.05) is 0 Å². The molecule has 15 atom stereocenters. The van der Waals surface area contributed by atoms with Crippen LogP contribution in [0.3, 0.4) is 0 Å². The summed E-state index contributed by atoms with van der Waals surface area (Å²) in [6.45, 7) is 5.15. The molecule has 7 aromatic rings. The van der Waals surface area contributed by atoms with E-state index in [0.717, 1.165) is 0 Å². The summed E-state index contributed by atoms with van der Waals surface area (Å²) >= 11 is 0. The van der Waals surface area contributed by atoms with Gasteiger partial charge in [-0.1, -0.05) is 149 Å². The third kappa shape index (κ3) is 38.7. The molecule has 33 N–H and O–H groups in total. The number of nitrogens with one attached hydrogen (secondary N) is 18. The van der Waals surface area contributed by atoms with E-state index in [1.54, 1.807) is 115 Å². The van der Waals surface area contributed by atoms with Crippen LogP contribution in [0.25, 0.3) is 10.9 Å². The minimum absolute atomic E-state index is 0.0303. The number of aromatic hydroxyl groups is 1. The summed E-state index contributed by atoms with van der Waals surface area (Å²) in [5.74, 6) is -24.8. The van der Waals surface area contributed by atoms with Crippen molar-refractivity contribution in [3.63, 3.8) is 0 Å². The number of phenols is 1. The standard InChI is InChI=1S/C96H128N24O24/c1-51(2)79(93(141)109-63(28-18-38-104-96(101)102)82(130)107-64(33-35-75(99)123)84(132)119-80(52(3)4)94(142)118-74(49-121)92(140)110-66(95(143)144)27-16-17-37-97)120-91(139)69(41-55-23-12-7-13-24-55)114-87(135)70(43-57-47-105-62-26-15-14-25-60(57)62)115-90(138)73(46-78(127)128)117-86(134)68(42-56-29-31-59(122)32-30-56)112-85(133)67(40-54-21-10-6-11-22-54)113-89(137)72(45-76(100)124)116-83(131)65(34-36-77(125)126)108-88(136)71(44-58-48-103-50-106-58)111-81(129)61(98)39-53-19-8-5-9-20-53/h5-15,19-26,29-32,47-48,50-52,61,63-74,79-80,105,121-122H,16-18,27-28,33-46,49,97-98H2,1-4H3,(H2,99,123)(H2,100,124)(H,103,106)(H,107,130)(H,108,136)(H,109,141)(H,110,140)(H,111,129)(H,112,133)(H,113,137)(H,114,135)(H,115,138)(H,116,131)(H,117,134)(H,118,142)(H,119,132)(H,120,139)(H,125,126)(H,127,128)(H,143,144)(H4,101,102,104)/t61-,63-,64-,65-,66-,67-,68-,69-,70-,71-,72-,73-,74-,79-,80-/m0/s1. The number of aromatic amines is 2. The largest absolute Gasteiger partial charge is 0.508 e. The highest BCUT2D eigenvalue weighted by Crippen LogP contribution is 2.22. The maximum absolute atomic E-state index is 15.5. The lowest BCUT2D eigenvalue weighted by Crippen LogP contribution is -2.62. The number of carbonyl (C=O) groups is 19. The molecule has 0 fully saturated rings. The van der Waals surface area contributed by atoms with Crippen molar-refractivity contribution in [1.29, 1.82) is 5.41 Å². The summed E-state index contributed by atoms with van der Waals surface area (Å²) in [5.41, 5.74) is 31.5. The van der Waals surface area contributed by atoms with Gasteiger partial charge in [0.25, 0.3) is 0 Å². The molecule has 0 aliphatic heterocycles. The molecule has 48 heteroatoms. The number of aliphatic hydroxyl groups excluding tert-OH is 1. The number of para-hydroxylation sites is 1. The molecule has 0 aliphatic carbocycles. The van der Waals surface area contributed by atoms with Crippen LogP contribution >= 0.6 is 0 Å². The number of nitrogens with two attached hydrogens (primary N) is 5. The van der Waals surface area contributed by atoms with Gasteiger partial charge in [-0.15, -0.1) is 0 Å². The Morgan fingerprint density at radius 1 is 0.375 bits per heavy atom. The van der Waals surface area contributed by atoms with E-state index in [9.17, 15) is 92.7 Å². The number of benzene rings is 5. The van der Waals surface area contributed by atoms with Crippen LogP contribution in [0, 0.1) is 17.2 Å². The summed E-state index contributed by atoms with van der Waals surface area (Å²) in [4.78, 5) is 278. The van der Waals surface area contributed by atoms with Gasteiger partial charge in [0.1, 0.15) is 90.3 Å². The van der Waals surface area contributed by atoms with Crippen LogP contribution in [0.15, 0.2) is 158 Å². The molecule has 0 radical (unpaired) electrons. The number of aliphatic carboxylic acids is 3. The van der Waals surface area contributed by atoms with Crippen LogP contribution in [0.2, 0.25) is 0 Å². The number of rotatable bonds is 62. The van der Waals surface area contributed by atoms with Crippen molar-refractivity contribution in [1.82, 2.24) is 94.7 Å². The summed E-state index contributed by atoms with van der Waals surface area (Å²) in [6.07, 6.45) is -2.21. The highest BCUT2D eigenvalue weighted by atomic mass is 16.4. The van der Waals surface area contributed by atoms with Crippen molar-refractivity contribution in [2.45, 2.75) is 227 Å². The van der Waals surface area contributed by atoms with E-state index in [-0.39, 0.29) is 62.9 Å². The fourth-order valence-corrected chi connectivity index (χ4v) is 15.2. The van der Waals surface area contributed by atoms with Gasteiger partial charge in [-0.3, -0.25) is 91.7 Å². The second-order valence-corrected chi connectivity index (χ2v) is 35.1. The maximum Gasteiger partial charge on any atom is 0.326 e. The number of hydrogen-bond donors (Lipinski definition) is 28. The number of unbranched alkanes of at least 4 members (excludes halogenated alkanes) is 1. The average molecular weight is 2000 g/mol. The van der Waals surface area contributed by atoms with E-state index in [2.05, 4.69) is 94.7 Å². The molecule has 0 saturated carbocycles. The van der Waals surface area contributed by atoms with Gasteiger partial charge >= 0.3 is 17.9 Å². The third-order valence-electron chi connectivity index (χ3n) is 23.0. The second-order valence-electron chi connectivity index (χ2n) is 35.1. The Morgan fingerprint density at radius 2 is 0.757 bits per heavy atom. The first-order chi connectivity index (χ1) is 68.5. The Kier molecular flexibility index (Phi) is 46.3. The van der Waals surface area contributed by atoms with Gasteiger partial charge in [0.2, 0.25) is 94.5 Å². The monoisotopic (exact) mass is 2000 g/mol. The number of H-pyrrole nitrogens is 2. The van der Waals surface area contributed by atoms with Gasteiger partial charge in [0.05, 0.1) is 31.8 Å². The smallest absolute Gasteiger partial charge is 0.326 e. The Bertz CT molecular complexity index is 5560. The number of amides is 16. The lowest BCUT2D eigenvalue weighted by Gasteiger charge is -2.30. The number of carboxylic acid groups (broad SMARTS) is 3. The second kappa shape index (κ2) is 58.1. The molecule has 0 saturated heterocycles. The fraction of sp³-hybridized carbons (Fsp3) is 0.427. The molecule has 48 nitrogen and oxygen atoms in total. The van der Waals surface area contributed by atoms with Gasteiger partial charge in [-0.05, 0) is 116 Å². The Balaban J connectivity index is 1.17. The summed E-state index contributed by atoms with van der Waals surface area (Å²) in [6, 6.07) is 10.7. The third-order valence-corrected chi connectivity index (χ3v) is 23.0. The number of carbonyl (C=O) groups excluding carboxylic acids is 16. The van der Waals surface area contributed by atoms with E-state index in [4.69, 9.17) is 34.1 Å². The van der Waals surface area contributed by atoms with Crippen LogP contribution in [0.1, 0.15) is 132 Å². The Labute approximate surface area is 827 Å².